The Hall–Kier alpha value is -4.21. The van der Waals surface area contributed by atoms with E-state index in [1.54, 1.807) is 16.8 Å². The van der Waals surface area contributed by atoms with Gasteiger partial charge in [0.2, 0.25) is 0 Å². The molecule has 4 rings (SSSR count). The van der Waals surface area contributed by atoms with Crippen LogP contribution in [0.2, 0.25) is 0 Å². The number of pyridine rings is 1. The van der Waals surface area contributed by atoms with Crippen LogP contribution in [0.15, 0.2) is 48.5 Å². The van der Waals surface area contributed by atoms with E-state index in [9.17, 15) is 18.4 Å². The molecule has 3 N–H and O–H groups in total. The number of nitrogens with two attached hydrogens (primary N) is 1. The van der Waals surface area contributed by atoms with Gasteiger partial charge in [0.25, 0.3) is 11.8 Å². The molecule has 0 bridgehead atoms. The van der Waals surface area contributed by atoms with Crippen LogP contribution >= 0.6 is 0 Å². The van der Waals surface area contributed by atoms with Crippen molar-refractivity contribution in [2.75, 3.05) is 5.32 Å². The van der Waals surface area contributed by atoms with Gasteiger partial charge in [-0.1, -0.05) is 24.3 Å². The predicted octanol–water partition coefficient (Wildman–Crippen LogP) is 3.07. The molecule has 162 valence electrons. The summed E-state index contributed by atoms with van der Waals surface area (Å²) in [4.78, 5) is 28.7. The second-order valence-electron chi connectivity index (χ2n) is 7.06. The number of hydrogen-bond donors (Lipinski definition) is 2. The van der Waals surface area contributed by atoms with Gasteiger partial charge in [-0.2, -0.15) is 0 Å². The van der Waals surface area contributed by atoms with E-state index in [1.807, 2.05) is 6.92 Å². The molecule has 2 aromatic heterocycles. The molecule has 0 saturated carbocycles. The summed E-state index contributed by atoms with van der Waals surface area (Å²) in [7, 11) is 0. The lowest BCUT2D eigenvalue weighted by molar-refractivity contribution is 0.0996. The maximum atomic E-state index is 13.7. The highest BCUT2D eigenvalue weighted by molar-refractivity contribution is 6.13. The summed E-state index contributed by atoms with van der Waals surface area (Å²) in [5.74, 6) is -2.07. The van der Waals surface area contributed by atoms with E-state index >= 15 is 0 Å². The zero-order valence-electron chi connectivity index (χ0n) is 17.0. The largest absolute Gasteiger partial charge is 0.364 e. The third kappa shape index (κ3) is 4.15. The third-order valence-corrected chi connectivity index (χ3v) is 4.92. The molecule has 10 heteroatoms. The Balaban J connectivity index is 1.67. The molecule has 0 aliphatic heterocycles. The Morgan fingerprint density at radius 1 is 1.06 bits per heavy atom. The smallest absolute Gasteiger partial charge is 0.267 e. The molecule has 0 fully saturated rings. The number of carbonyl (C=O) groups excluding carboxylic acids is 2. The van der Waals surface area contributed by atoms with Gasteiger partial charge < -0.3 is 11.1 Å². The minimum absolute atomic E-state index is 0.0962. The molecule has 2 aromatic carbocycles. The molecule has 0 aliphatic rings. The lowest BCUT2D eigenvalue weighted by Gasteiger charge is -2.10. The van der Waals surface area contributed by atoms with Gasteiger partial charge in [0.05, 0.1) is 23.3 Å². The zero-order valence-corrected chi connectivity index (χ0v) is 17.0. The molecule has 0 atom stereocenters. The number of hydrogen-bond acceptors (Lipinski definition) is 5. The second-order valence-corrected chi connectivity index (χ2v) is 7.06. The van der Waals surface area contributed by atoms with Crippen LogP contribution in [0, 0.1) is 11.6 Å². The first-order valence-corrected chi connectivity index (χ1v) is 9.74. The highest BCUT2D eigenvalue weighted by Crippen LogP contribution is 2.22. The monoisotopic (exact) mass is 436 g/mol. The van der Waals surface area contributed by atoms with E-state index in [0.29, 0.717) is 24.0 Å². The van der Waals surface area contributed by atoms with E-state index < -0.39 is 17.6 Å². The number of rotatable bonds is 6. The summed E-state index contributed by atoms with van der Waals surface area (Å²) in [5, 5.41) is 11.2. The van der Waals surface area contributed by atoms with Crippen molar-refractivity contribution in [3.05, 3.63) is 82.7 Å². The van der Waals surface area contributed by atoms with Crippen LogP contribution in [0.3, 0.4) is 0 Å². The van der Waals surface area contributed by atoms with Gasteiger partial charge in [0.1, 0.15) is 17.3 Å². The van der Waals surface area contributed by atoms with E-state index in [0.717, 1.165) is 11.6 Å². The van der Waals surface area contributed by atoms with Crippen LogP contribution in [-0.2, 0) is 13.0 Å². The first-order valence-electron chi connectivity index (χ1n) is 9.74. The van der Waals surface area contributed by atoms with E-state index in [1.165, 1.54) is 30.3 Å². The number of aromatic nitrogens is 4. The average Bonchev–Trinajstić information content (AvgIpc) is 3.14. The molecule has 4 aromatic rings. The van der Waals surface area contributed by atoms with Crippen molar-refractivity contribution < 1.29 is 18.4 Å². The number of anilines is 1. The molecule has 2 heterocycles. The average molecular weight is 436 g/mol. The zero-order chi connectivity index (χ0) is 22.8. The molecule has 2 amide bonds. The van der Waals surface area contributed by atoms with Crippen LogP contribution in [-0.4, -0.2) is 31.8 Å². The lowest BCUT2D eigenvalue weighted by Crippen LogP contribution is -2.18. The van der Waals surface area contributed by atoms with Crippen molar-refractivity contribution in [2.45, 2.75) is 19.9 Å². The Morgan fingerprint density at radius 3 is 2.47 bits per heavy atom. The molecule has 0 radical (unpaired) electrons. The van der Waals surface area contributed by atoms with Crippen molar-refractivity contribution in [3.8, 4) is 0 Å². The van der Waals surface area contributed by atoms with Crippen molar-refractivity contribution in [1.82, 2.24) is 20.0 Å². The summed E-state index contributed by atoms with van der Waals surface area (Å²) < 4.78 is 28.4. The highest BCUT2D eigenvalue weighted by atomic mass is 19.1. The Morgan fingerprint density at radius 2 is 1.78 bits per heavy atom. The minimum atomic E-state index is -0.843. The number of amides is 2. The fourth-order valence-electron chi connectivity index (χ4n) is 3.36. The van der Waals surface area contributed by atoms with Gasteiger partial charge in [-0.25, -0.2) is 18.4 Å². The SMILES string of the molecule is CCc1c(NC(=O)c2cc(C(N)=O)nc3cc(F)ccc23)nnn1Cc1ccc(F)cc1. The van der Waals surface area contributed by atoms with Crippen LogP contribution < -0.4 is 11.1 Å². The van der Waals surface area contributed by atoms with Gasteiger partial charge in [-0.15, -0.1) is 5.10 Å². The number of primary amides is 1. The van der Waals surface area contributed by atoms with Crippen molar-refractivity contribution in [2.24, 2.45) is 5.73 Å². The quantitative estimate of drug-likeness (QED) is 0.482. The van der Waals surface area contributed by atoms with Gasteiger partial charge in [0, 0.05) is 11.5 Å². The van der Waals surface area contributed by atoms with Crippen LogP contribution in [0.25, 0.3) is 10.9 Å². The first kappa shape index (κ1) is 21.0. The maximum absolute atomic E-state index is 13.7. The van der Waals surface area contributed by atoms with Crippen molar-refractivity contribution in [1.29, 1.82) is 0 Å². The third-order valence-electron chi connectivity index (χ3n) is 4.92. The molecule has 32 heavy (non-hydrogen) atoms. The standard InChI is InChI=1S/C22H18F2N6O2/c1-2-19-21(28-29-30(19)11-12-3-5-13(23)6-4-12)27-22(32)16-10-18(20(25)31)26-17-9-14(24)7-8-15(16)17/h3-10H,2,11H2,1H3,(H2,25,31)(H,27,32). The molecular formula is C22H18F2N6O2. The Labute approximate surface area is 181 Å². The Kier molecular flexibility index (Phi) is 5.59. The molecule has 0 saturated heterocycles. The molecule has 0 unspecified atom stereocenters. The molecule has 0 spiro atoms. The number of benzene rings is 2. The summed E-state index contributed by atoms with van der Waals surface area (Å²) in [6.07, 6.45) is 0.513. The van der Waals surface area contributed by atoms with Gasteiger partial charge in [0.15, 0.2) is 5.82 Å². The molecular weight excluding hydrogens is 418 g/mol. The van der Waals surface area contributed by atoms with Gasteiger partial charge in [-0.05, 0) is 42.3 Å². The van der Waals surface area contributed by atoms with Gasteiger partial charge in [-0.3, -0.25) is 9.59 Å². The number of fused-ring (bicyclic) bond motifs is 1. The summed E-state index contributed by atoms with van der Waals surface area (Å²) in [6, 6.07) is 11.0. The van der Waals surface area contributed by atoms with Crippen molar-refractivity contribution in [3.63, 3.8) is 0 Å². The maximum Gasteiger partial charge on any atom is 0.267 e. The minimum Gasteiger partial charge on any atom is -0.364 e. The van der Waals surface area contributed by atoms with E-state index in [2.05, 4.69) is 20.6 Å². The number of nitrogens with one attached hydrogen (secondary N) is 1. The van der Waals surface area contributed by atoms with Crippen molar-refractivity contribution >= 4 is 28.5 Å². The molecule has 8 nitrogen and oxygen atoms in total. The summed E-state index contributed by atoms with van der Waals surface area (Å²) >= 11 is 0. The normalized spacial score (nSPS) is 11.0. The number of carbonyl (C=O) groups is 2. The second kappa shape index (κ2) is 8.50. The summed E-state index contributed by atoms with van der Waals surface area (Å²) in [5.41, 5.74) is 6.85. The topological polar surface area (TPSA) is 116 Å². The fraction of sp³-hybridized carbons (Fsp3) is 0.136. The molecule has 0 aliphatic carbocycles. The number of nitrogens with zero attached hydrogens (tertiary/aromatic N) is 4. The van der Waals surface area contributed by atoms with Gasteiger partial charge >= 0.3 is 0 Å². The summed E-state index contributed by atoms with van der Waals surface area (Å²) in [6.45, 7) is 2.22. The van der Waals surface area contributed by atoms with E-state index in [4.69, 9.17) is 5.73 Å². The first-order chi connectivity index (χ1) is 15.4. The highest BCUT2D eigenvalue weighted by Gasteiger charge is 2.19. The van der Waals surface area contributed by atoms with E-state index in [-0.39, 0.29) is 28.4 Å². The van der Waals surface area contributed by atoms with Crippen LogP contribution in [0.4, 0.5) is 14.6 Å². The van der Waals surface area contributed by atoms with Crippen LogP contribution in [0.1, 0.15) is 39.0 Å². The Bertz CT molecular complexity index is 1330. The number of halogens is 2. The predicted molar refractivity (Wildman–Crippen MR) is 113 cm³/mol. The fourth-order valence-corrected chi connectivity index (χ4v) is 3.36. The van der Waals surface area contributed by atoms with Crippen LogP contribution in [0.5, 0.6) is 0 Å². The lowest BCUT2D eigenvalue weighted by atomic mass is 10.1.